The van der Waals surface area contributed by atoms with Crippen molar-refractivity contribution in [3.05, 3.63) is 48.3 Å². The zero-order chi connectivity index (χ0) is 20.8. The highest BCUT2D eigenvalue weighted by atomic mass is 16.1. The van der Waals surface area contributed by atoms with Crippen LogP contribution >= 0.6 is 0 Å². The number of nitrogens with one attached hydrogen (secondary N) is 2. The molecular formula is C22H29N7O. The van der Waals surface area contributed by atoms with Gasteiger partial charge in [0.15, 0.2) is 5.96 Å². The fraction of sp³-hybridized carbons (Fsp3) is 0.455. The molecule has 1 saturated heterocycles. The normalized spacial score (nSPS) is 17.4. The van der Waals surface area contributed by atoms with E-state index in [2.05, 4.69) is 41.5 Å². The van der Waals surface area contributed by atoms with Gasteiger partial charge in [-0.05, 0) is 36.6 Å². The molecule has 0 bridgehead atoms. The van der Waals surface area contributed by atoms with Crippen molar-refractivity contribution in [1.29, 1.82) is 0 Å². The van der Waals surface area contributed by atoms with Gasteiger partial charge in [-0.15, -0.1) is 0 Å². The van der Waals surface area contributed by atoms with Gasteiger partial charge < -0.3 is 20.4 Å². The molecule has 0 spiro atoms. The number of aromatic nitrogens is 2. The predicted molar refractivity (Wildman–Crippen MR) is 118 cm³/mol. The topological polar surface area (TPSA) is 85.8 Å². The van der Waals surface area contributed by atoms with Crippen molar-refractivity contribution in [2.45, 2.75) is 25.8 Å². The first kappa shape index (κ1) is 20.1. The summed E-state index contributed by atoms with van der Waals surface area (Å²) in [6, 6.07) is 9.85. The van der Waals surface area contributed by atoms with Gasteiger partial charge in [-0.25, -0.2) is 9.97 Å². The zero-order valence-electron chi connectivity index (χ0n) is 17.4. The van der Waals surface area contributed by atoms with Gasteiger partial charge in [0, 0.05) is 63.8 Å². The molecule has 2 N–H and O–H groups in total. The Morgan fingerprint density at radius 1 is 1.13 bits per heavy atom. The number of nitrogens with zero attached hydrogens (tertiary/aromatic N) is 5. The minimum absolute atomic E-state index is 0.141. The Hall–Kier alpha value is -3.16. The Bertz CT molecular complexity index is 874. The van der Waals surface area contributed by atoms with Gasteiger partial charge in [-0.1, -0.05) is 18.6 Å². The maximum Gasteiger partial charge on any atom is 0.227 e. The van der Waals surface area contributed by atoms with Gasteiger partial charge in [0.25, 0.3) is 0 Å². The molecule has 8 heteroatoms. The summed E-state index contributed by atoms with van der Waals surface area (Å²) in [6.07, 6.45) is 6.73. The average Bonchev–Trinajstić information content (AvgIpc) is 2.74. The van der Waals surface area contributed by atoms with Crippen LogP contribution in [0.5, 0.6) is 0 Å². The van der Waals surface area contributed by atoms with Crippen molar-refractivity contribution in [1.82, 2.24) is 20.2 Å². The molecule has 1 aromatic heterocycles. The van der Waals surface area contributed by atoms with Crippen molar-refractivity contribution in [2.24, 2.45) is 10.9 Å². The van der Waals surface area contributed by atoms with Crippen molar-refractivity contribution in [2.75, 3.05) is 43.4 Å². The molecule has 4 rings (SSSR count). The number of guanidine groups is 1. The van der Waals surface area contributed by atoms with Crippen LogP contribution in [0.25, 0.3) is 0 Å². The SMILES string of the molecule is CN=C(NCc1cccc(NC(=O)C2CCC2)c1)N1CCN(c2ncccn2)CC1. The second kappa shape index (κ2) is 9.56. The van der Waals surface area contributed by atoms with Crippen LogP contribution in [0, 0.1) is 5.92 Å². The first-order chi connectivity index (χ1) is 14.7. The Labute approximate surface area is 177 Å². The molecule has 0 atom stereocenters. The fourth-order valence-electron chi connectivity index (χ4n) is 3.76. The number of anilines is 2. The number of piperazine rings is 1. The third-order valence-corrected chi connectivity index (χ3v) is 5.75. The van der Waals surface area contributed by atoms with Gasteiger partial charge in [0.05, 0.1) is 0 Å². The van der Waals surface area contributed by atoms with E-state index in [0.29, 0.717) is 6.54 Å². The van der Waals surface area contributed by atoms with Crippen molar-refractivity contribution in [3.63, 3.8) is 0 Å². The third-order valence-electron chi connectivity index (χ3n) is 5.75. The minimum Gasteiger partial charge on any atom is -0.352 e. The lowest BCUT2D eigenvalue weighted by Crippen LogP contribution is -2.52. The highest BCUT2D eigenvalue weighted by Gasteiger charge is 2.25. The van der Waals surface area contributed by atoms with Crippen molar-refractivity contribution in [3.8, 4) is 0 Å². The van der Waals surface area contributed by atoms with Gasteiger partial charge >= 0.3 is 0 Å². The lowest BCUT2D eigenvalue weighted by atomic mass is 9.85. The van der Waals surface area contributed by atoms with Gasteiger partial charge in [-0.3, -0.25) is 9.79 Å². The molecule has 1 amide bonds. The quantitative estimate of drug-likeness (QED) is 0.583. The smallest absolute Gasteiger partial charge is 0.227 e. The predicted octanol–water partition coefficient (Wildman–Crippen LogP) is 2.11. The van der Waals surface area contributed by atoms with E-state index >= 15 is 0 Å². The first-order valence-electron chi connectivity index (χ1n) is 10.6. The van der Waals surface area contributed by atoms with Crippen molar-refractivity contribution < 1.29 is 4.79 Å². The van der Waals surface area contributed by atoms with E-state index < -0.39 is 0 Å². The molecule has 30 heavy (non-hydrogen) atoms. The number of carbonyl (C=O) groups excluding carboxylic acids is 1. The number of rotatable bonds is 5. The monoisotopic (exact) mass is 407 g/mol. The maximum atomic E-state index is 12.2. The van der Waals surface area contributed by atoms with Crippen LogP contribution in [0.4, 0.5) is 11.6 Å². The number of benzene rings is 1. The third kappa shape index (κ3) is 4.87. The Balaban J connectivity index is 1.28. The van der Waals surface area contributed by atoms with E-state index in [9.17, 15) is 4.79 Å². The zero-order valence-corrected chi connectivity index (χ0v) is 17.4. The molecule has 158 valence electrons. The summed E-state index contributed by atoms with van der Waals surface area (Å²) < 4.78 is 0. The van der Waals surface area contributed by atoms with Crippen LogP contribution in [-0.2, 0) is 11.3 Å². The van der Waals surface area contributed by atoms with Crippen LogP contribution < -0.4 is 15.5 Å². The van der Waals surface area contributed by atoms with Gasteiger partial charge in [-0.2, -0.15) is 0 Å². The highest BCUT2D eigenvalue weighted by molar-refractivity contribution is 5.93. The summed E-state index contributed by atoms with van der Waals surface area (Å²) in [6.45, 7) is 4.08. The Morgan fingerprint density at radius 3 is 2.57 bits per heavy atom. The summed E-state index contributed by atoms with van der Waals surface area (Å²) in [4.78, 5) is 29.8. The molecule has 0 radical (unpaired) electrons. The van der Waals surface area contributed by atoms with Crippen LogP contribution in [0.1, 0.15) is 24.8 Å². The first-order valence-corrected chi connectivity index (χ1v) is 10.6. The van der Waals surface area contributed by atoms with Crippen LogP contribution in [0.15, 0.2) is 47.7 Å². The van der Waals surface area contributed by atoms with Crippen LogP contribution in [0.2, 0.25) is 0 Å². The second-order valence-electron chi connectivity index (χ2n) is 7.74. The van der Waals surface area contributed by atoms with Gasteiger partial charge in [0.1, 0.15) is 0 Å². The minimum atomic E-state index is 0.141. The lowest BCUT2D eigenvalue weighted by molar-refractivity contribution is -0.122. The summed E-state index contributed by atoms with van der Waals surface area (Å²) in [5.41, 5.74) is 1.97. The van der Waals surface area contributed by atoms with Gasteiger partial charge in [0.2, 0.25) is 11.9 Å². The maximum absolute atomic E-state index is 12.2. The molecule has 2 aliphatic rings. The van der Waals surface area contributed by atoms with E-state index in [1.807, 2.05) is 31.3 Å². The molecule has 2 heterocycles. The summed E-state index contributed by atoms with van der Waals surface area (Å²) in [5.74, 6) is 1.99. The number of hydrogen-bond acceptors (Lipinski definition) is 5. The molecule has 2 aromatic rings. The highest BCUT2D eigenvalue weighted by Crippen LogP contribution is 2.27. The second-order valence-corrected chi connectivity index (χ2v) is 7.74. The van der Waals surface area contributed by atoms with Crippen LogP contribution in [-0.4, -0.2) is 60.0 Å². The van der Waals surface area contributed by atoms with E-state index in [0.717, 1.165) is 68.6 Å². The van der Waals surface area contributed by atoms with E-state index in [4.69, 9.17) is 0 Å². The molecule has 1 aliphatic heterocycles. The van der Waals surface area contributed by atoms with Crippen LogP contribution in [0.3, 0.4) is 0 Å². The van der Waals surface area contributed by atoms with E-state index in [1.54, 1.807) is 12.4 Å². The number of carbonyl (C=O) groups is 1. The van der Waals surface area contributed by atoms with Crippen molar-refractivity contribution >= 4 is 23.5 Å². The average molecular weight is 408 g/mol. The standard InChI is InChI=1S/C22H29N7O/c1-23-21(28-11-13-29(14-12-28)22-24-9-4-10-25-22)26-16-17-5-2-8-19(15-17)27-20(30)18-6-3-7-18/h2,4-5,8-10,15,18H,3,6-7,11-14,16H2,1H3,(H,23,26)(H,27,30). The number of amides is 1. The number of aliphatic imine (C=N–C) groups is 1. The van der Waals surface area contributed by atoms with E-state index in [-0.39, 0.29) is 11.8 Å². The summed E-state index contributed by atoms with van der Waals surface area (Å²) in [5, 5.41) is 6.49. The lowest BCUT2D eigenvalue weighted by Gasteiger charge is -2.36. The van der Waals surface area contributed by atoms with E-state index in [1.165, 1.54) is 0 Å². The molecule has 0 unspecified atom stereocenters. The Morgan fingerprint density at radius 2 is 1.90 bits per heavy atom. The number of hydrogen-bond donors (Lipinski definition) is 2. The summed E-state index contributed by atoms with van der Waals surface area (Å²) in [7, 11) is 1.81. The fourth-order valence-corrected chi connectivity index (χ4v) is 3.76. The molecule has 1 aromatic carbocycles. The molecule has 8 nitrogen and oxygen atoms in total. The molecule has 1 aliphatic carbocycles. The largest absolute Gasteiger partial charge is 0.352 e. The Kier molecular flexibility index (Phi) is 6.41. The molecular weight excluding hydrogens is 378 g/mol. The molecule has 1 saturated carbocycles. The molecule has 2 fully saturated rings. The summed E-state index contributed by atoms with van der Waals surface area (Å²) >= 11 is 0.